The first-order chi connectivity index (χ1) is 7.60. The normalized spacial score (nSPS) is 11.0. The molecule has 0 radical (unpaired) electrons. The molecule has 0 aromatic carbocycles. The van der Waals surface area contributed by atoms with Gasteiger partial charge in [0.05, 0.1) is 22.4 Å². The number of hydrogen-bond acceptors (Lipinski definition) is 2. The number of nitrogens with zero attached hydrogens (tertiary/aromatic N) is 4. The second-order valence-corrected chi connectivity index (χ2v) is 5.45. The van der Waals surface area contributed by atoms with Crippen molar-refractivity contribution in [2.45, 2.75) is 19.9 Å². The molecule has 0 fully saturated rings. The van der Waals surface area contributed by atoms with E-state index in [-0.39, 0.29) is 0 Å². The molecule has 0 N–H and O–H groups in total. The van der Waals surface area contributed by atoms with Gasteiger partial charge in [-0.05, 0) is 51.0 Å². The van der Waals surface area contributed by atoms with E-state index in [0.717, 1.165) is 26.8 Å². The van der Waals surface area contributed by atoms with Gasteiger partial charge < -0.3 is 0 Å². The van der Waals surface area contributed by atoms with Gasteiger partial charge in [-0.1, -0.05) is 6.92 Å². The molecule has 6 heteroatoms. The van der Waals surface area contributed by atoms with Crippen molar-refractivity contribution in [3.8, 4) is 0 Å². The lowest BCUT2D eigenvalue weighted by Gasteiger charge is -2.01. The van der Waals surface area contributed by atoms with Gasteiger partial charge in [-0.25, -0.2) is 0 Å². The van der Waals surface area contributed by atoms with Gasteiger partial charge >= 0.3 is 0 Å². The molecular formula is C10H12BrIN4. The van der Waals surface area contributed by atoms with E-state index in [1.165, 1.54) is 5.69 Å². The van der Waals surface area contributed by atoms with Crippen LogP contribution >= 0.6 is 38.5 Å². The van der Waals surface area contributed by atoms with Crippen LogP contribution in [0.2, 0.25) is 0 Å². The number of hydrogen-bond donors (Lipinski definition) is 0. The summed E-state index contributed by atoms with van der Waals surface area (Å²) >= 11 is 5.66. The zero-order valence-corrected chi connectivity index (χ0v) is 12.9. The van der Waals surface area contributed by atoms with Crippen LogP contribution in [0.1, 0.15) is 18.3 Å². The van der Waals surface area contributed by atoms with Crippen LogP contribution in [0, 0.1) is 3.70 Å². The molecule has 0 amide bonds. The highest BCUT2D eigenvalue weighted by Crippen LogP contribution is 2.17. The Bertz CT molecular complexity index is 483. The van der Waals surface area contributed by atoms with Crippen molar-refractivity contribution >= 4 is 38.5 Å². The van der Waals surface area contributed by atoms with Crippen LogP contribution < -0.4 is 0 Å². The minimum Gasteiger partial charge on any atom is -0.270 e. The van der Waals surface area contributed by atoms with Crippen molar-refractivity contribution in [2.75, 3.05) is 0 Å². The minimum atomic E-state index is 0.755. The molecule has 0 saturated heterocycles. The predicted molar refractivity (Wildman–Crippen MR) is 74.3 cm³/mol. The van der Waals surface area contributed by atoms with E-state index in [2.05, 4.69) is 61.7 Å². The maximum Gasteiger partial charge on any atom is 0.137 e. The summed E-state index contributed by atoms with van der Waals surface area (Å²) in [5.41, 5.74) is 2.29. The summed E-state index contributed by atoms with van der Waals surface area (Å²) in [6.07, 6.45) is 2.95. The lowest BCUT2D eigenvalue weighted by atomic mass is 10.3. The molecule has 0 aliphatic heterocycles. The third kappa shape index (κ3) is 2.48. The van der Waals surface area contributed by atoms with Gasteiger partial charge in [-0.2, -0.15) is 10.2 Å². The summed E-state index contributed by atoms with van der Waals surface area (Å²) in [5, 5.41) is 8.81. The van der Waals surface area contributed by atoms with Gasteiger partial charge in [0.25, 0.3) is 0 Å². The highest BCUT2D eigenvalue weighted by Gasteiger charge is 2.07. The molecule has 2 heterocycles. The molecular weight excluding hydrogens is 383 g/mol. The highest BCUT2D eigenvalue weighted by atomic mass is 127. The average Bonchev–Trinajstić information content (AvgIpc) is 2.73. The third-order valence-corrected chi connectivity index (χ3v) is 4.51. The van der Waals surface area contributed by atoms with E-state index in [0.29, 0.717) is 0 Å². The molecule has 0 bridgehead atoms. The molecule has 4 nitrogen and oxygen atoms in total. The van der Waals surface area contributed by atoms with Gasteiger partial charge in [-0.3, -0.25) is 9.36 Å². The van der Waals surface area contributed by atoms with Gasteiger partial charge in [0.2, 0.25) is 0 Å². The minimum absolute atomic E-state index is 0.755. The Morgan fingerprint density at radius 2 is 2.19 bits per heavy atom. The van der Waals surface area contributed by atoms with Crippen LogP contribution in [0.5, 0.6) is 0 Å². The summed E-state index contributed by atoms with van der Waals surface area (Å²) in [6, 6.07) is 2.13. The van der Waals surface area contributed by atoms with Gasteiger partial charge in [0.1, 0.15) is 3.70 Å². The molecule has 0 spiro atoms. The van der Waals surface area contributed by atoms with Gasteiger partial charge in [0, 0.05) is 13.2 Å². The van der Waals surface area contributed by atoms with Crippen molar-refractivity contribution in [1.29, 1.82) is 0 Å². The van der Waals surface area contributed by atoms with Crippen LogP contribution in [-0.4, -0.2) is 19.6 Å². The van der Waals surface area contributed by atoms with E-state index >= 15 is 0 Å². The summed E-state index contributed by atoms with van der Waals surface area (Å²) in [4.78, 5) is 0. The quantitative estimate of drug-likeness (QED) is 0.750. The Morgan fingerprint density at radius 1 is 1.44 bits per heavy atom. The maximum absolute atomic E-state index is 4.42. The molecule has 0 aliphatic rings. The molecule has 86 valence electrons. The van der Waals surface area contributed by atoms with Gasteiger partial charge in [-0.15, -0.1) is 0 Å². The Balaban J connectivity index is 2.23. The lowest BCUT2D eigenvalue weighted by molar-refractivity contribution is 0.615. The van der Waals surface area contributed by atoms with Crippen LogP contribution in [0.15, 0.2) is 16.7 Å². The summed E-state index contributed by atoms with van der Waals surface area (Å²) in [6.45, 7) is 2.87. The first-order valence-corrected chi connectivity index (χ1v) is 6.87. The molecule has 2 aromatic heterocycles. The monoisotopic (exact) mass is 394 g/mol. The molecule has 0 atom stereocenters. The van der Waals surface area contributed by atoms with E-state index in [1.54, 1.807) is 0 Å². The zero-order valence-electron chi connectivity index (χ0n) is 9.11. The smallest absolute Gasteiger partial charge is 0.137 e. The SMILES string of the molecule is CCc1cc(Cn2cc(Br)c(I)n2)n(C)n1. The first-order valence-electron chi connectivity index (χ1n) is 5.00. The highest BCUT2D eigenvalue weighted by molar-refractivity contribution is 14.1. The Labute approximate surface area is 116 Å². The van der Waals surface area contributed by atoms with Gasteiger partial charge in [0.15, 0.2) is 0 Å². The van der Waals surface area contributed by atoms with Crippen molar-refractivity contribution in [1.82, 2.24) is 19.6 Å². The second kappa shape index (κ2) is 4.87. The van der Waals surface area contributed by atoms with E-state index < -0.39 is 0 Å². The topological polar surface area (TPSA) is 35.6 Å². The van der Waals surface area contributed by atoms with Crippen molar-refractivity contribution < 1.29 is 0 Å². The van der Waals surface area contributed by atoms with Crippen LogP contribution in [0.25, 0.3) is 0 Å². The largest absolute Gasteiger partial charge is 0.270 e. The van der Waals surface area contributed by atoms with Crippen LogP contribution in [0.4, 0.5) is 0 Å². The number of rotatable bonds is 3. The van der Waals surface area contributed by atoms with Crippen molar-refractivity contribution in [3.63, 3.8) is 0 Å². The average molecular weight is 395 g/mol. The molecule has 2 rings (SSSR count). The Hall–Kier alpha value is -0.370. The second-order valence-electron chi connectivity index (χ2n) is 3.57. The molecule has 0 aliphatic carbocycles. The third-order valence-electron chi connectivity index (χ3n) is 2.39. The van der Waals surface area contributed by atoms with E-state index in [4.69, 9.17) is 0 Å². The molecule has 2 aromatic rings. The fourth-order valence-corrected chi connectivity index (χ4v) is 2.24. The Kier molecular flexibility index (Phi) is 3.68. The molecule has 16 heavy (non-hydrogen) atoms. The summed E-state index contributed by atoms with van der Waals surface area (Å²) < 4.78 is 5.85. The first kappa shape index (κ1) is 12.1. The van der Waals surface area contributed by atoms with E-state index in [9.17, 15) is 0 Å². The van der Waals surface area contributed by atoms with Crippen LogP contribution in [0.3, 0.4) is 0 Å². The standard InChI is InChI=1S/C10H12BrIN4/c1-3-7-4-8(15(2)13-7)5-16-6-9(11)10(12)14-16/h4,6H,3,5H2,1-2H3. The number of halogens is 2. The fourth-order valence-electron chi connectivity index (χ4n) is 1.51. The maximum atomic E-state index is 4.42. The predicted octanol–water partition coefficient (Wildman–Crippen LogP) is 2.59. The number of aromatic nitrogens is 4. The van der Waals surface area contributed by atoms with E-state index in [1.807, 2.05) is 22.6 Å². The van der Waals surface area contributed by atoms with Crippen molar-refractivity contribution in [3.05, 3.63) is 31.8 Å². The zero-order chi connectivity index (χ0) is 11.7. The lowest BCUT2D eigenvalue weighted by Crippen LogP contribution is -2.06. The van der Waals surface area contributed by atoms with Crippen molar-refractivity contribution in [2.24, 2.45) is 7.05 Å². The van der Waals surface area contributed by atoms with Crippen LogP contribution in [-0.2, 0) is 20.0 Å². The molecule has 0 unspecified atom stereocenters. The summed E-state index contributed by atoms with van der Waals surface area (Å²) in [7, 11) is 1.97. The fraction of sp³-hybridized carbons (Fsp3) is 0.400. The number of aryl methyl sites for hydroxylation is 2. The summed E-state index contributed by atoms with van der Waals surface area (Å²) in [5.74, 6) is 0. The molecule has 0 saturated carbocycles. The Morgan fingerprint density at radius 3 is 2.69 bits per heavy atom.